The van der Waals surface area contributed by atoms with Gasteiger partial charge in [-0.1, -0.05) is 56.1 Å². The summed E-state index contributed by atoms with van der Waals surface area (Å²) in [6.07, 6.45) is 3.94. The van der Waals surface area contributed by atoms with Crippen LogP contribution in [0.3, 0.4) is 0 Å². The Balaban J connectivity index is 1.60. The fraction of sp³-hybridized carbons (Fsp3) is 0. The topological polar surface area (TPSA) is 46.4 Å². The first-order chi connectivity index (χ1) is 15.5. The van der Waals surface area contributed by atoms with Crippen molar-refractivity contribution in [3.8, 4) is 0 Å². The molecule has 0 N–H and O–H groups in total. The molecule has 0 unspecified atom stereocenters. The van der Waals surface area contributed by atoms with E-state index in [9.17, 15) is 10.1 Å². The molecule has 0 bridgehead atoms. The molecule has 4 aromatic carbocycles. The van der Waals surface area contributed by atoms with Crippen LogP contribution in [0.2, 0.25) is 0 Å². The van der Waals surface area contributed by atoms with Crippen molar-refractivity contribution in [3.63, 3.8) is 0 Å². The number of nitrogens with zero attached hydrogens (tertiary/aromatic N) is 2. The van der Waals surface area contributed by atoms with Crippen LogP contribution in [-0.2, 0) is 0 Å². The van der Waals surface area contributed by atoms with Crippen LogP contribution in [0.5, 0.6) is 0 Å². The standard InChI is InChI=1S/C26H18Br2N2O2/c27-21-7-15-24(16-8-21)29(25-17-9-22(28)10-18-25)23-11-3-19(4-12-23)1-2-20-5-13-26(14-6-20)30(31)32/h1-18H/b2-1+. The first-order valence-corrected chi connectivity index (χ1v) is 11.4. The molecule has 0 aliphatic carbocycles. The monoisotopic (exact) mass is 548 g/mol. The van der Waals surface area contributed by atoms with Crippen molar-refractivity contribution >= 4 is 66.8 Å². The average Bonchev–Trinajstić information content (AvgIpc) is 2.81. The van der Waals surface area contributed by atoms with Crippen LogP contribution in [0.4, 0.5) is 22.7 Å². The Labute approximate surface area is 203 Å². The summed E-state index contributed by atoms with van der Waals surface area (Å²) in [6.45, 7) is 0. The first-order valence-electron chi connectivity index (χ1n) is 9.83. The lowest BCUT2D eigenvalue weighted by Crippen LogP contribution is -2.09. The van der Waals surface area contributed by atoms with Gasteiger partial charge >= 0.3 is 0 Å². The van der Waals surface area contributed by atoms with Crippen molar-refractivity contribution < 1.29 is 4.92 Å². The van der Waals surface area contributed by atoms with Crippen LogP contribution in [0.1, 0.15) is 11.1 Å². The summed E-state index contributed by atoms with van der Waals surface area (Å²) in [6, 6.07) is 31.2. The van der Waals surface area contributed by atoms with Crippen LogP contribution in [0, 0.1) is 10.1 Å². The van der Waals surface area contributed by atoms with Crippen LogP contribution >= 0.6 is 31.9 Å². The number of halogens is 2. The molecule has 0 atom stereocenters. The van der Waals surface area contributed by atoms with E-state index in [0.29, 0.717) is 0 Å². The summed E-state index contributed by atoms with van der Waals surface area (Å²) in [5.74, 6) is 0. The summed E-state index contributed by atoms with van der Waals surface area (Å²) in [5, 5.41) is 10.8. The molecule has 0 amide bonds. The average molecular weight is 550 g/mol. The maximum absolute atomic E-state index is 10.8. The molecule has 4 rings (SSSR count). The Hall–Kier alpha value is -3.22. The van der Waals surface area contributed by atoms with E-state index in [1.54, 1.807) is 12.1 Å². The molecule has 0 aliphatic rings. The largest absolute Gasteiger partial charge is 0.311 e. The Morgan fingerprint density at radius 2 is 0.938 bits per heavy atom. The second kappa shape index (κ2) is 9.94. The van der Waals surface area contributed by atoms with Gasteiger partial charge < -0.3 is 4.90 Å². The maximum atomic E-state index is 10.8. The molecular weight excluding hydrogens is 532 g/mol. The van der Waals surface area contributed by atoms with Gasteiger partial charge in [-0.3, -0.25) is 10.1 Å². The Morgan fingerprint density at radius 3 is 1.31 bits per heavy atom. The zero-order valence-electron chi connectivity index (χ0n) is 16.9. The van der Waals surface area contributed by atoms with Gasteiger partial charge in [0.15, 0.2) is 0 Å². The molecule has 0 radical (unpaired) electrons. The summed E-state index contributed by atoms with van der Waals surface area (Å²) in [5.41, 5.74) is 5.20. The van der Waals surface area contributed by atoms with Crippen molar-refractivity contribution in [2.75, 3.05) is 4.90 Å². The quantitative estimate of drug-likeness (QED) is 0.137. The summed E-state index contributed by atoms with van der Waals surface area (Å²) < 4.78 is 2.06. The van der Waals surface area contributed by atoms with Gasteiger partial charge in [-0.15, -0.1) is 0 Å². The molecule has 0 aliphatic heterocycles. The molecule has 6 heteroatoms. The smallest absolute Gasteiger partial charge is 0.269 e. The molecule has 32 heavy (non-hydrogen) atoms. The lowest BCUT2D eigenvalue weighted by Gasteiger charge is -2.25. The van der Waals surface area contributed by atoms with E-state index in [0.717, 1.165) is 37.1 Å². The van der Waals surface area contributed by atoms with Crippen LogP contribution < -0.4 is 4.90 Å². The van der Waals surface area contributed by atoms with E-state index < -0.39 is 4.92 Å². The highest BCUT2D eigenvalue weighted by atomic mass is 79.9. The lowest BCUT2D eigenvalue weighted by molar-refractivity contribution is -0.384. The number of hydrogen-bond donors (Lipinski definition) is 0. The summed E-state index contributed by atoms with van der Waals surface area (Å²) >= 11 is 7.02. The number of rotatable bonds is 6. The molecule has 0 saturated carbocycles. The van der Waals surface area contributed by atoms with Gasteiger partial charge in [-0.25, -0.2) is 0 Å². The Kier molecular flexibility index (Phi) is 6.83. The third-order valence-electron chi connectivity index (χ3n) is 4.89. The molecule has 0 fully saturated rings. The van der Waals surface area contributed by atoms with E-state index in [1.165, 1.54) is 12.1 Å². The van der Waals surface area contributed by atoms with Gasteiger partial charge in [-0.2, -0.15) is 0 Å². The van der Waals surface area contributed by atoms with Crippen molar-refractivity contribution in [1.82, 2.24) is 0 Å². The minimum Gasteiger partial charge on any atom is -0.311 e. The predicted molar refractivity (Wildman–Crippen MR) is 139 cm³/mol. The van der Waals surface area contributed by atoms with Crippen molar-refractivity contribution in [2.24, 2.45) is 0 Å². The SMILES string of the molecule is O=[N+]([O-])c1ccc(/C=C/c2ccc(N(c3ccc(Br)cc3)c3ccc(Br)cc3)cc2)cc1. The van der Waals surface area contributed by atoms with Crippen LogP contribution in [0.25, 0.3) is 12.2 Å². The van der Waals surface area contributed by atoms with Crippen molar-refractivity contribution in [3.05, 3.63) is 127 Å². The molecule has 0 heterocycles. The van der Waals surface area contributed by atoms with E-state index >= 15 is 0 Å². The predicted octanol–water partition coefficient (Wildman–Crippen LogP) is 8.76. The number of hydrogen-bond acceptors (Lipinski definition) is 3. The summed E-state index contributed by atoms with van der Waals surface area (Å²) in [4.78, 5) is 12.6. The van der Waals surface area contributed by atoms with Crippen LogP contribution in [0.15, 0.2) is 106 Å². The fourth-order valence-corrected chi connectivity index (χ4v) is 3.79. The van der Waals surface area contributed by atoms with Gasteiger partial charge in [0, 0.05) is 38.1 Å². The number of non-ortho nitro benzene ring substituents is 1. The highest BCUT2D eigenvalue weighted by molar-refractivity contribution is 9.10. The van der Waals surface area contributed by atoms with Gasteiger partial charge in [0.1, 0.15) is 0 Å². The Morgan fingerprint density at radius 1 is 0.594 bits per heavy atom. The van der Waals surface area contributed by atoms with E-state index in [2.05, 4.69) is 85.3 Å². The van der Waals surface area contributed by atoms with Gasteiger partial charge in [-0.05, 0) is 83.9 Å². The fourth-order valence-electron chi connectivity index (χ4n) is 3.26. The lowest BCUT2D eigenvalue weighted by atomic mass is 10.1. The maximum Gasteiger partial charge on any atom is 0.269 e. The zero-order valence-corrected chi connectivity index (χ0v) is 20.0. The van der Waals surface area contributed by atoms with E-state index in [1.807, 2.05) is 36.4 Å². The molecule has 4 aromatic rings. The van der Waals surface area contributed by atoms with E-state index in [4.69, 9.17) is 0 Å². The second-order valence-electron chi connectivity index (χ2n) is 7.06. The highest BCUT2D eigenvalue weighted by Crippen LogP contribution is 2.35. The molecule has 4 nitrogen and oxygen atoms in total. The van der Waals surface area contributed by atoms with Gasteiger partial charge in [0.05, 0.1) is 4.92 Å². The Bertz CT molecular complexity index is 1190. The minimum atomic E-state index is -0.394. The summed E-state index contributed by atoms with van der Waals surface area (Å²) in [7, 11) is 0. The van der Waals surface area contributed by atoms with Gasteiger partial charge in [0.2, 0.25) is 0 Å². The molecule has 0 saturated heterocycles. The van der Waals surface area contributed by atoms with E-state index in [-0.39, 0.29) is 5.69 Å². The number of anilines is 3. The normalized spacial score (nSPS) is 10.9. The number of nitro groups is 1. The highest BCUT2D eigenvalue weighted by Gasteiger charge is 2.12. The molecule has 158 valence electrons. The third-order valence-corrected chi connectivity index (χ3v) is 5.95. The molecule has 0 spiro atoms. The number of benzene rings is 4. The second-order valence-corrected chi connectivity index (χ2v) is 8.89. The zero-order chi connectivity index (χ0) is 22.5. The van der Waals surface area contributed by atoms with Gasteiger partial charge in [0.25, 0.3) is 5.69 Å². The van der Waals surface area contributed by atoms with Crippen molar-refractivity contribution in [1.29, 1.82) is 0 Å². The third kappa shape index (κ3) is 5.33. The molecular formula is C26H18Br2N2O2. The number of nitro benzene ring substituents is 1. The minimum absolute atomic E-state index is 0.0903. The molecule has 0 aromatic heterocycles. The first kappa shape index (κ1) is 22.0. The van der Waals surface area contributed by atoms with Crippen LogP contribution in [-0.4, -0.2) is 4.92 Å². The van der Waals surface area contributed by atoms with Crippen molar-refractivity contribution in [2.45, 2.75) is 0 Å².